The molecule has 4 aliphatic rings. The third-order valence-electron chi connectivity index (χ3n) is 12.4. The van der Waals surface area contributed by atoms with Gasteiger partial charge in [0.15, 0.2) is 5.79 Å². The first-order valence-corrected chi connectivity index (χ1v) is 17.4. The lowest BCUT2D eigenvalue weighted by molar-refractivity contribution is -0.308. The van der Waals surface area contributed by atoms with Crippen LogP contribution in [0.2, 0.25) is 0 Å². The predicted molar refractivity (Wildman–Crippen MR) is 169 cm³/mol. The molecule has 1 saturated carbocycles. The largest absolute Gasteiger partial charge is 0.461 e. The molecule has 1 aliphatic carbocycles. The van der Waals surface area contributed by atoms with Gasteiger partial charge < -0.3 is 28.7 Å². The smallest absolute Gasteiger partial charge is 0.328 e. The van der Waals surface area contributed by atoms with Crippen molar-refractivity contribution < 1.29 is 28.5 Å². The molecule has 4 atom stereocenters. The van der Waals surface area contributed by atoms with Gasteiger partial charge in [0, 0.05) is 48.8 Å². The zero-order valence-electron chi connectivity index (χ0n) is 28.7. The van der Waals surface area contributed by atoms with Crippen LogP contribution in [-0.4, -0.2) is 91.2 Å². The van der Waals surface area contributed by atoms with Gasteiger partial charge in [-0.2, -0.15) is 0 Å². The van der Waals surface area contributed by atoms with Gasteiger partial charge in [0.2, 0.25) is 5.41 Å². The second kappa shape index (κ2) is 14.0. The van der Waals surface area contributed by atoms with E-state index in [1.165, 1.54) is 32.1 Å². The SMILES string of the molecule is CC1C(OC(=O)C2(C(=O)OC3CCN(C)C(C)(C)C3C)COC3(CCCCCCCCCCC3)OC2)CCN(C)C1(C)C. The van der Waals surface area contributed by atoms with E-state index in [4.69, 9.17) is 18.9 Å². The molecule has 8 nitrogen and oxygen atoms in total. The number of carbonyl (C=O) groups excluding carboxylic acids is 2. The maximum absolute atomic E-state index is 14.2. The fourth-order valence-corrected chi connectivity index (χ4v) is 7.50. The summed E-state index contributed by atoms with van der Waals surface area (Å²) in [5.41, 5.74) is -1.90. The molecule has 4 unspecified atom stereocenters. The fourth-order valence-electron chi connectivity index (χ4n) is 7.50. The molecular formula is C35H62N2O6. The van der Waals surface area contributed by atoms with Gasteiger partial charge >= 0.3 is 11.9 Å². The highest BCUT2D eigenvalue weighted by molar-refractivity contribution is 6.00. The number of esters is 2. The van der Waals surface area contributed by atoms with E-state index in [-0.39, 0.29) is 48.3 Å². The van der Waals surface area contributed by atoms with E-state index in [0.717, 1.165) is 64.5 Å². The summed E-state index contributed by atoms with van der Waals surface area (Å²) in [5.74, 6) is -1.67. The molecule has 0 aromatic heterocycles. The van der Waals surface area contributed by atoms with E-state index in [1.807, 2.05) is 0 Å². The van der Waals surface area contributed by atoms with Crippen molar-refractivity contribution in [3.05, 3.63) is 0 Å². The number of ether oxygens (including phenoxy) is 4. The van der Waals surface area contributed by atoms with Crippen molar-refractivity contribution in [2.45, 2.75) is 154 Å². The Morgan fingerprint density at radius 3 is 1.35 bits per heavy atom. The molecule has 3 saturated heterocycles. The predicted octanol–water partition coefficient (Wildman–Crippen LogP) is 6.34. The minimum absolute atomic E-state index is 0.0561. The van der Waals surface area contributed by atoms with Gasteiger partial charge in [-0.15, -0.1) is 0 Å². The number of likely N-dealkylation sites (tertiary alicyclic amines) is 2. The lowest BCUT2D eigenvalue weighted by atomic mass is 9.78. The fraction of sp³-hybridized carbons (Fsp3) is 0.943. The Morgan fingerprint density at radius 2 is 0.977 bits per heavy atom. The maximum atomic E-state index is 14.2. The summed E-state index contributed by atoms with van der Waals surface area (Å²) >= 11 is 0. The van der Waals surface area contributed by atoms with Crippen LogP contribution in [-0.2, 0) is 28.5 Å². The third-order valence-corrected chi connectivity index (χ3v) is 12.4. The standard InChI is InChI=1S/C35H62N2O6/c1-26-28(18-22-36(7)32(26,3)4)42-30(38)34(31(39)43-29-19-23-37(8)33(5,6)27(29)2)24-40-35(41-25-34)20-16-14-12-10-9-11-13-15-17-21-35/h26-29H,9-25H2,1-8H3. The first-order chi connectivity index (χ1) is 20.3. The molecule has 4 fully saturated rings. The van der Waals surface area contributed by atoms with Crippen molar-refractivity contribution in [2.75, 3.05) is 40.4 Å². The van der Waals surface area contributed by atoms with Crippen LogP contribution in [0.4, 0.5) is 0 Å². The lowest BCUT2D eigenvalue weighted by Crippen LogP contribution is -2.62. The molecule has 3 aliphatic heterocycles. The number of piperidine rings is 2. The van der Waals surface area contributed by atoms with Gasteiger partial charge in [0.05, 0.1) is 13.2 Å². The summed E-state index contributed by atoms with van der Waals surface area (Å²) in [7, 11) is 4.23. The highest BCUT2D eigenvalue weighted by Crippen LogP contribution is 2.42. The molecule has 0 aromatic carbocycles. The molecule has 43 heavy (non-hydrogen) atoms. The lowest BCUT2D eigenvalue weighted by Gasteiger charge is -2.50. The van der Waals surface area contributed by atoms with Crippen molar-refractivity contribution in [1.29, 1.82) is 0 Å². The van der Waals surface area contributed by atoms with Gasteiger partial charge in [-0.05, 0) is 67.5 Å². The number of hydrogen-bond donors (Lipinski definition) is 0. The average molecular weight is 607 g/mol. The molecular weight excluding hydrogens is 544 g/mol. The van der Waals surface area contributed by atoms with Crippen molar-refractivity contribution in [2.24, 2.45) is 17.3 Å². The topological polar surface area (TPSA) is 77.5 Å². The monoisotopic (exact) mass is 606 g/mol. The van der Waals surface area contributed by atoms with Gasteiger partial charge in [0.25, 0.3) is 0 Å². The molecule has 3 heterocycles. The van der Waals surface area contributed by atoms with Crippen LogP contribution in [0.1, 0.15) is 125 Å². The molecule has 0 bridgehead atoms. The Kier molecular flexibility index (Phi) is 11.3. The van der Waals surface area contributed by atoms with Crippen LogP contribution in [0.25, 0.3) is 0 Å². The normalized spacial score (nSPS) is 34.0. The number of nitrogens with zero attached hydrogens (tertiary/aromatic N) is 2. The molecule has 1 spiro atoms. The van der Waals surface area contributed by atoms with Gasteiger partial charge in [-0.25, -0.2) is 0 Å². The first kappa shape index (κ1) is 34.6. The van der Waals surface area contributed by atoms with Crippen LogP contribution in [0, 0.1) is 17.3 Å². The summed E-state index contributed by atoms with van der Waals surface area (Å²) in [6.45, 7) is 14.5. The molecule has 0 amide bonds. The van der Waals surface area contributed by atoms with Crippen LogP contribution in [0.3, 0.4) is 0 Å². The molecule has 4 rings (SSSR count). The maximum Gasteiger partial charge on any atom is 0.328 e. The number of carbonyl (C=O) groups is 2. The molecule has 8 heteroatoms. The van der Waals surface area contributed by atoms with E-state index in [1.54, 1.807) is 0 Å². The number of hydrogen-bond acceptors (Lipinski definition) is 8. The Labute approximate surface area is 261 Å². The van der Waals surface area contributed by atoms with Crippen LogP contribution < -0.4 is 0 Å². The summed E-state index contributed by atoms with van der Waals surface area (Å²) < 4.78 is 25.7. The second-order valence-electron chi connectivity index (χ2n) is 15.4. The Balaban J connectivity index is 1.55. The van der Waals surface area contributed by atoms with Crippen molar-refractivity contribution in [3.63, 3.8) is 0 Å². The van der Waals surface area contributed by atoms with Crippen LogP contribution in [0.5, 0.6) is 0 Å². The second-order valence-corrected chi connectivity index (χ2v) is 15.4. The minimum atomic E-state index is -1.63. The summed E-state index contributed by atoms with van der Waals surface area (Å²) in [4.78, 5) is 33.1. The minimum Gasteiger partial charge on any atom is -0.461 e. The highest BCUT2D eigenvalue weighted by Gasteiger charge is 2.58. The summed E-state index contributed by atoms with van der Waals surface area (Å²) in [6, 6.07) is 0. The van der Waals surface area contributed by atoms with Gasteiger partial charge in [-0.1, -0.05) is 58.8 Å². The Morgan fingerprint density at radius 1 is 0.628 bits per heavy atom. The zero-order valence-corrected chi connectivity index (χ0v) is 28.7. The van der Waals surface area contributed by atoms with E-state index < -0.39 is 23.1 Å². The van der Waals surface area contributed by atoms with Crippen molar-refractivity contribution in [3.8, 4) is 0 Å². The summed E-state index contributed by atoms with van der Waals surface area (Å²) in [6.07, 6.45) is 13.1. The Hall–Kier alpha value is -1.22. The zero-order chi connectivity index (χ0) is 31.5. The molecule has 0 radical (unpaired) electrons. The molecule has 248 valence electrons. The molecule has 0 aromatic rings. The first-order valence-electron chi connectivity index (χ1n) is 17.4. The highest BCUT2D eigenvalue weighted by atomic mass is 16.7. The van der Waals surface area contributed by atoms with Crippen LogP contribution >= 0.6 is 0 Å². The number of rotatable bonds is 4. The third kappa shape index (κ3) is 7.44. The average Bonchev–Trinajstić information content (AvgIpc) is 2.96. The van der Waals surface area contributed by atoms with E-state index in [9.17, 15) is 9.59 Å². The van der Waals surface area contributed by atoms with E-state index in [0.29, 0.717) is 0 Å². The van der Waals surface area contributed by atoms with Crippen molar-refractivity contribution in [1.82, 2.24) is 9.80 Å². The van der Waals surface area contributed by atoms with Crippen LogP contribution in [0.15, 0.2) is 0 Å². The Bertz CT molecular complexity index is 877. The van der Waals surface area contributed by atoms with Gasteiger partial charge in [0.1, 0.15) is 12.2 Å². The van der Waals surface area contributed by atoms with E-state index >= 15 is 0 Å². The quantitative estimate of drug-likeness (QED) is 0.271. The molecule has 0 N–H and O–H groups in total. The van der Waals surface area contributed by atoms with Crippen molar-refractivity contribution >= 4 is 11.9 Å². The van der Waals surface area contributed by atoms with E-state index in [2.05, 4.69) is 65.4 Å². The van der Waals surface area contributed by atoms with Gasteiger partial charge in [-0.3, -0.25) is 9.59 Å². The summed E-state index contributed by atoms with van der Waals surface area (Å²) in [5, 5.41) is 0.